The first kappa shape index (κ1) is 11.0. The summed E-state index contributed by atoms with van der Waals surface area (Å²) in [6, 6.07) is 0. The van der Waals surface area contributed by atoms with Crippen molar-refractivity contribution in [1.82, 2.24) is 0 Å². The zero-order valence-electron chi connectivity index (χ0n) is 10.3. The molecule has 8 bridgehead atoms. The van der Waals surface area contributed by atoms with Gasteiger partial charge in [0.05, 0.1) is 0 Å². The molecule has 0 aromatic carbocycles. The SMILES string of the molecule is CC12CC3C4C[C-]5CC3C(C1)C(C5)C4C2.[Y]. The van der Waals surface area contributed by atoms with Gasteiger partial charge in [0.1, 0.15) is 0 Å². The van der Waals surface area contributed by atoms with Crippen molar-refractivity contribution in [2.24, 2.45) is 40.9 Å². The fourth-order valence-corrected chi connectivity index (χ4v) is 6.93. The number of rotatable bonds is 0. The molecule has 0 aromatic rings. The van der Waals surface area contributed by atoms with E-state index in [1.165, 1.54) is 35.5 Å². The molecule has 0 N–H and O–H groups in total. The number of hydrogen-bond donors (Lipinski definition) is 0. The van der Waals surface area contributed by atoms with E-state index in [0.717, 1.165) is 5.41 Å². The second kappa shape index (κ2) is 3.16. The van der Waals surface area contributed by atoms with Crippen molar-refractivity contribution in [2.75, 3.05) is 0 Å². The smallest absolute Gasteiger partial charge is 0 e. The van der Waals surface area contributed by atoms with Crippen LogP contribution in [-0.2, 0) is 32.7 Å². The van der Waals surface area contributed by atoms with E-state index >= 15 is 0 Å². The van der Waals surface area contributed by atoms with Crippen LogP contribution in [0.25, 0.3) is 0 Å². The third kappa shape index (κ3) is 1.11. The molecule has 7 aliphatic rings. The topological polar surface area (TPSA) is 0 Å². The van der Waals surface area contributed by atoms with Gasteiger partial charge in [0, 0.05) is 32.7 Å². The molecule has 1 radical (unpaired) electrons. The van der Waals surface area contributed by atoms with Crippen LogP contribution in [0.2, 0.25) is 0 Å². The van der Waals surface area contributed by atoms with Gasteiger partial charge in [0.25, 0.3) is 0 Å². The molecule has 7 rings (SSSR count). The summed E-state index contributed by atoms with van der Waals surface area (Å²) < 4.78 is 0. The summed E-state index contributed by atoms with van der Waals surface area (Å²) in [5.41, 5.74) is 0.790. The number of hydrogen-bond acceptors (Lipinski definition) is 0. The van der Waals surface area contributed by atoms with Crippen LogP contribution < -0.4 is 0 Å². The van der Waals surface area contributed by atoms with Crippen LogP contribution in [0.1, 0.15) is 45.4 Å². The van der Waals surface area contributed by atoms with E-state index in [2.05, 4.69) is 6.92 Å². The Hall–Kier alpha value is 1.10. The molecule has 7 fully saturated rings. The van der Waals surface area contributed by atoms with Gasteiger partial charge in [-0.15, -0.1) is 0 Å². The van der Waals surface area contributed by atoms with Crippen molar-refractivity contribution in [3.05, 3.63) is 5.92 Å². The van der Waals surface area contributed by atoms with Crippen LogP contribution in [0.5, 0.6) is 0 Å². The summed E-state index contributed by atoms with van der Waals surface area (Å²) in [7, 11) is 0. The Morgan fingerprint density at radius 3 is 1.50 bits per heavy atom. The second-order valence-corrected chi connectivity index (χ2v) is 7.77. The molecular weight excluding hydrogens is 269 g/mol. The fraction of sp³-hybridized carbons (Fsp3) is 0.933. The summed E-state index contributed by atoms with van der Waals surface area (Å²) in [5.74, 6) is 9.02. The monoisotopic (exact) mass is 290 g/mol. The first-order valence-corrected chi connectivity index (χ1v) is 7.07. The quantitative estimate of drug-likeness (QED) is 0.597. The van der Waals surface area contributed by atoms with Gasteiger partial charge in [-0.05, 0) is 42.4 Å². The zero-order valence-corrected chi connectivity index (χ0v) is 13.1. The molecule has 0 nitrogen and oxygen atoms in total. The molecule has 85 valence electrons. The van der Waals surface area contributed by atoms with Crippen molar-refractivity contribution in [2.45, 2.75) is 45.4 Å². The summed E-state index contributed by atoms with van der Waals surface area (Å²) in [5, 5.41) is 0. The van der Waals surface area contributed by atoms with E-state index in [-0.39, 0.29) is 32.7 Å². The Bertz CT molecular complexity index is 274. The van der Waals surface area contributed by atoms with E-state index in [9.17, 15) is 0 Å². The molecule has 0 aliphatic heterocycles. The molecule has 0 atom stereocenters. The molecule has 0 saturated heterocycles. The maximum absolute atomic E-state index is 2.61. The summed E-state index contributed by atoms with van der Waals surface area (Å²) in [6.07, 6.45) is 9.50. The zero-order chi connectivity index (χ0) is 9.78. The largest absolute Gasteiger partial charge is 0.313 e. The van der Waals surface area contributed by atoms with Crippen LogP contribution in [-0.4, -0.2) is 0 Å². The van der Waals surface area contributed by atoms with Gasteiger partial charge >= 0.3 is 0 Å². The molecule has 0 spiro atoms. The van der Waals surface area contributed by atoms with E-state index in [0.29, 0.717) is 0 Å². The Kier molecular flexibility index (Phi) is 2.17. The van der Waals surface area contributed by atoms with Gasteiger partial charge in [-0.3, -0.25) is 0 Å². The third-order valence-corrected chi connectivity index (χ3v) is 7.06. The van der Waals surface area contributed by atoms with Gasteiger partial charge in [-0.2, -0.15) is 19.3 Å². The maximum atomic E-state index is 2.61. The summed E-state index contributed by atoms with van der Waals surface area (Å²) in [6.45, 7) is 2.61. The van der Waals surface area contributed by atoms with Crippen LogP contribution in [0, 0.1) is 46.8 Å². The first-order valence-electron chi connectivity index (χ1n) is 7.07. The van der Waals surface area contributed by atoms with Gasteiger partial charge in [-0.25, -0.2) is 0 Å². The van der Waals surface area contributed by atoms with Gasteiger partial charge in [-0.1, -0.05) is 24.7 Å². The molecule has 16 heavy (non-hydrogen) atoms. The van der Waals surface area contributed by atoms with Crippen molar-refractivity contribution >= 4 is 0 Å². The third-order valence-electron chi connectivity index (χ3n) is 7.06. The normalized spacial score (nSPS) is 65.1. The van der Waals surface area contributed by atoms with Crippen molar-refractivity contribution in [3.8, 4) is 0 Å². The Labute approximate surface area is 124 Å². The minimum Gasteiger partial charge on any atom is -0.313 e. The molecule has 0 heterocycles. The van der Waals surface area contributed by atoms with Gasteiger partial charge < -0.3 is 5.92 Å². The van der Waals surface area contributed by atoms with Gasteiger partial charge in [0.15, 0.2) is 0 Å². The minimum atomic E-state index is 0. The summed E-state index contributed by atoms with van der Waals surface area (Å²) >= 11 is 0. The average Bonchev–Trinajstić information content (AvgIpc) is 2.23. The van der Waals surface area contributed by atoms with Crippen LogP contribution in [0.4, 0.5) is 0 Å². The fourth-order valence-electron chi connectivity index (χ4n) is 6.93. The minimum absolute atomic E-state index is 0. The van der Waals surface area contributed by atoms with Gasteiger partial charge in [0.2, 0.25) is 0 Å². The molecule has 0 amide bonds. The maximum Gasteiger partial charge on any atom is 0 e. The van der Waals surface area contributed by atoms with Crippen LogP contribution in [0.15, 0.2) is 0 Å². The van der Waals surface area contributed by atoms with Crippen molar-refractivity contribution in [3.63, 3.8) is 0 Å². The molecule has 7 aliphatic carbocycles. The van der Waals surface area contributed by atoms with E-state index in [1.807, 2.05) is 5.92 Å². The summed E-state index contributed by atoms with van der Waals surface area (Å²) in [4.78, 5) is 0. The predicted molar refractivity (Wildman–Crippen MR) is 60.0 cm³/mol. The predicted octanol–water partition coefficient (Wildman–Crippen LogP) is 3.67. The average molecular weight is 290 g/mol. The molecule has 7 saturated carbocycles. The van der Waals surface area contributed by atoms with Crippen molar-refractivity contribution < 1.29 is 32.7 Å². The first-order chi connectivity index (χ1) is 7.23. The molecule has 1 heteroatoms. The standard InChI is InChI=1S/C15H21.Y/c1-15-5-12-9-2-8-3-10(12)14(7-15)11(4-8)13(9)6-15;/h9-14H,2-7H2,1H3;/q-1;. The van der Waals surface area contributed by atoms with Crippen molar-refractivity contribution in [1.29, 1.82) is 0 Å². The molecule has 0 aromatic heterocycles. The van der Waals surface area contributed by atoms with E-state index in [4.69, 9.17) is 0 Å². The van der Waals surface area contributed by atoms with E-state index < -0.39 is 0 Å². The van der Waals surface area contributed by atoms with Crippen LogP contribution >= 0.6 is 0 Å². The van der Waals surface area contributed by atoms with E-state index in [1.54, 1.807) is 38.5 Å². The second-order valence-electron chi connectivity index (χ2n) is 7.77. The Balaban J connectivity index is 0.000000722. The Morgan fingerprint density at radius 2 is 1.12 bits per heavy atom. The molecular formula is C15H21Y-. The Morgan fingerprint density at radius 1 is 0.750 bits per heavy atom. The molecule has 0 unspecified atom stereocenters. The van der Waals surface area contributed by atoms with Crippen LogP contribution in [0.3, 0.4) is 0 Å².